The Balaban J connectivity index is 1.44. The Kier molecular flexibility index (Phi) is 3.33. The van der Waals surface area contributed by atoms with Crippen molar-refractivity contribution < 1.29 is 13.2 Å². The maximum absolute atomic E-state index is 13.0. The molecule has 0 N–H and O–H groups in total. The van der Waals surface area contributed by atoms with E-state index in [2.05, 4.69) is 20.2 Å². The molecule has 0 aromatic carbocycles. The Hall–Kier alpha value is -2.49. The molecule has 1 saturated carbocycles. The van der Waals surface area contributed by atoms with Crippen molar-refractivity contribution in [2.75, 3.05) is 0 Å². The Morgan fingerprint density at radius 3 is 2.85 bits per heavy atom. The summed E-state index contributed by atoms with van der Waals surface area (Å²) in [7, 11) is 0. The van der Waals surface area contributed by atoms with Crippen LogP contribution < -0.4 is 0 Å². The van der Waals surface area contributed by atoms with E-state index < -0.39 is 11.9 Å². The average molecular weight is 378 g/mol. The molecule has 0 spiro atoms. The first-order valence-corrected chi connectivity index (χ1v) is 9.09. The first-order valence-electron chi connectivity index (χ1n) is 8.21. The number of fused-ring (bicyclic) bond motifs is 3. The topological polar surface area (TPSA) is 60.9 Å². The van der Waals surface area contributed by atoms with E-state index in [1.165, 1.54) is 22.1 Å². The number of aryl methyl sites for hydroxylation is 2. The van der Waals surface area contributed by atoms with E-state index in [0.717, 1.165) is 23.1 Å². The Morgan fingerprint density at radius 1 is 1.23 bits per heavy atom. The lowest BCUT2D eigenvalue weighted by atomic mass is 10.2. The molecule has 4 aromatic rings. The van der Waals surface area contributed by atoms with E-state index in [-0.39, 0.29) is 5.92 Å². The summed E-state index contributed by atoms with van der Waals surface area (Å²) >= 11 is 1.53. The molecule has 4 heterocycles. The number of rotatable bonds is 4. The van der Waals surface area contributed by atoms with E-state index >= 15 is 0 Å². The number of halogens is 3. The fourth-order valence-electron chi connectivity index (χ4n) is 3.08. The number of hydrogen-bond acceptors (Lipinski definition) is 5. The van der Waals surface area contributed by atoms with Gasteiger partial charge in [0.05, 0.1) is 5.39 Å². The van der Waals surface area contributed by atoms with Crippen LogP contribution in [0.3, 0.4) is 0 Å². The minimum atomic E-state index is -4.42. The van der Waals surface area contributed by atoms with Crippen LogP contribution in [0.15, 0.2) is 23.8 Å². The molecule has 6 nitrogen and oxygen atoms in total. The Morgan fingerprint density at radius 2 is 2.08 bits per heavy atom. The summed E-state index contributed by atoms with van der Waals surface area (Å²) in [5, 5.41) is 11.0. The van der Waals surface area contributed by atoms with Crippen LogP contribution in [0.4, 0.5) is 13.2 Å². The molecule has 0 aliphatic heterocycles. The Labute approximate surface area is 149 Å². The molecule has 4 aromatic heterocycles. The number of hydrogen-bond donors (Lipinski definition) is 0. The van der Waals surface area contributed by atoms with Crippen molar-refractivity contribution in [3.05, 3.63) is 41.1 Å². The fourth-order valence-corrected chi connectivity index (χ4v) is 3.81. The van der Waals surface area contributed by atoms with Gasteiger partial charge < -0.3 is 0 Å². The molecule has 0 bridgehead atoms. The highest BCUT2D eigenvalue weighted by atomic mass is 32.1. The molecule has 1 fully saturated rings. The number of nitrogens with zero attached hydrogens (tertiary/aromatic N) is 6. The normalized spacial score (nSPS) is 15.3. The molecule has 5 rings (SSSR count). The van der Waals surface area contributed by atoms with Gasteiger partial charge in [0.15, 0.2) is 17.2 Å². The third-order valence-electron chi connectivity index (χ3n) is 4.49. The van der Waals surface area contributed by atoms with Crippen LogP contribution in [0.2, 0.25) is 0 Å². The van der Waals surface area contributed by atoms with Crippen LogP contribution >= 0.6 is 11.3 Å². The molecule has 10 heteroatoms. The maximum atomic E-state index is 13.0. The van der Waals surface area contributed by atoms with Crippen molar-refractivity contribution in [3.8, 4) is 0 Å². The van der Waals surface area contributed by atoms with Crippen molar-refractivity contribution in [1.29, 1.82) is 0 Å². The van der Waals surface area contributed by atoms with E-state index in [4.69, 9.17) is 0 Å². The summed E-state index contributed by atoms with van der Waals surface area (Å²) in [6.07, 6.45) is -0.580. The van der Waals surface area contributed by atoms with Crippen molar-refractivity contribution in [2.45, 2.75) is 37.9 Å². The lowest BCUT2D eigenvalue weighted by Crippen LogP contribution is -2.10. The van der Waals surface area contributed by atoms with Gasteiger partial charge in [-0.15, -0.1) is 16.4 Å². The monoisotopic (exact) mass is 378 g/mol. The highest BCUT2D eigenvalue weighted by Gasteiger charge is 2.37. The lowest BCUT2D eigenvalue weighted by molar-refractivity contribution is -0.141. The van der Waals surface area contributed by atoms with Crippen LogP contribution in [-0.2, 0) is 19.1 Å². The van der Waals surface area contributed by atoms with E-state index in [0.29, 0.717) is 30.1 Å². The van der Waals surface area contributed by atoms with Crippen molar-refractivity contribution >= 4 is 27.2 Å². The molecule has 134 valence electrons. The second-order valence-electron chi connectivity index (χ2n) is 6.38. The maximum Gasteiger partial charge on any atom is 0.435 e. The predicted molar refractivity (Wildman–Crippen MR) is 89.1 cm³/mol. The zero-order valence-electron chi connectivity index (χ0n) is 13.4. The van der Waals surface area contributed by atoms with Crippen LogP contribution in [0.1, 0.15) is 36.0 Å². The third kappa shape index (κ3) is 2.64. The van der Waals surface area contributed by atoms with E-state index in [9.17, 15) is 13.2 Å². The zero-order chi connectivity index (χ0) is 17.9. The zero-order valence-corrected chi connectivity index (χ0v) is 14.3. The number of alkyl halides is 3. The van der Waals surface area contributed by atoms with Crippen molar-refractivity contribution in [2.24, 2.45) is 0 Å². The molecule has 0 atom stereocenters. The summed E-state index contributed by atoms with van der Waals surface area (Å²) < 4.78 is 42.0. The molecular formula is C16H13F3N6S. The quantitative estimate of drug-likeness (QED) is 0.544. The van der Waals surface area contributed by atoms with Crippen LogP contribution in [0, 0.1) is 0 Å². The van der Waals surface area contributed by atoms with E-state index in [1.807, 2.05) is 11.4 Å². The van der Waals surface area contributed by atoms with Gasteiger partial charge in [-0.05, 0) is 30.4 Å². The second-order valence-corrected chi connectivity index (χ2v) is 7.27. The Bertz CT molecular complexity index is 1100. The number of aromatic nitrogens is 6. The molecule has 0 amide bonds. The van der Waals surface area contributed by atoms with Gasteiger partial charge >= 0.3 is 6.18 Å². The highest BCUT2D eigenvalue weighted by molar-refractivity contribution is 7.16. The van der Waals surface area contributed by atoms with Gasteiger partial charge in [-0.2, -0.15) is 18.3 Å². The van der Waals surface area contributed by atoms with Gasteiger partial charge in [0, 0.05) is 24.6 Å². The van der Waals surface area contributed by atoms with Crippen LogP contribution in [0.5, 0.6) is 0 Å². The van der Waals surface area contributed by atoms with Gasteiger partial charge in [-0.25, -0.2) is 14.5 Å². The molecule has 0 saturated heterocycles. The summed E-state index contributed by atoms with van der Waals surface area (Å²) in [6.45, 7) is 0.318. The molecular weight excluding hydrogens is 365 g/mol. The van der Waals surface area contributed by atoms with Gasteiger partial charge in [-0.1, -0.05) is 0 Å². The van der Waals surface area contributed by atoms with Crippen LogP contribution in [0.25, 0.3) is 15.9 Å². The van der Waals surface area contributed by atoms with Crippen molar-refractivity contribution in [3.63, 3.8) is 0 Å². The predicted octanol–water partition coefficient (Wildman–Crippen LogP) is 3.67. The molecule has 0 radical (unpaired) electrons. The molecule has 1 aliphatic carbocycles. The first-order chi connectivity index (χ1) is 12.5. The summed E-state index contributed by atoms with van der Waals surface area (Å²) in [5.41, 5.74) is 0.541. The first kappa shape index (κ1) is 15.7. The summed E-state index contributed by atoms with van der Waals surface area (Å²) in [5.74, 6) is 0.749. The minimum absolute atomic E-state index is 0.183. The van der Waals surface area contributed by atoms with Gasteiger partial charge in [0.1, 0.15) is 11.2 Å². The van der Waals surface area contributed by atoms with Crippen molar-refractivity contribution in [1.82, 2.24) is 29.4 Å². The summed E-state index contributed by atoms with van der Waals surface area (Å²) in [6, 6.07) is 3.11. The smallest absolute Gasteiger partial charge is 0.268 e. The summed E-state index contributed by atoms with van der Waals surface area (Å²) in [4.78, 5) is 9.73. The highest BCUT2D eigenvalue weighted by Crippen LogP contribution is 2.42. The second kappa shape index (κ2) is 5.50. The average Bonchev–Trinajstić information content (AvgIpc) is 3.02. The van der Waals surface area contributed by atoms with Gasteiger partial charge in [0.25, 0.3) is 0 Å². The third-order valence-corrected chi connectivity index (χ3v) is 5.31. The molecule has 26 heavy (non-hydrogen) atoms. The van der Waals surface area contributed by atoms with E-state index in [1.54, 1.807) is 10.8 Å². The van der Waals surface area contributed by atoms with Crippen LogP contribution in [-0.4, -0.2) is 29.4 Å². The number of thiophene rings is 1. The largest absolute Gasteiger partial charge is 0.435 e. The standard InChI is InChI=1S/C16H13F3N6S/c17-16(18,19)12-7-11(9-1-2-9)24(22-12)5-3-13-21-14-10-4-6-26-15(10)20-8-25(14)23-13/h4,6-9H,1-3,5H2. The minimum Gasteiger partial charge on any atom is -0.268 e. The SMILES string of the molecule is FC(F)(F)c1cc(C2CC2)n(CCc2nc3c4ccsc4ncn3n2)n1. The van der Waals surface area contributed by atoms with Gasteiger partial charge in [-0.3, -0.25) is 4.68 Å². The lowest BCUT2D eigenvalue weighted by Gasteiger charge is -2.04. The fraction of sp³-hybridized carbons (Fsp3) is 0.375. The molecule has 0 unspecified atom stereocenters. The molecule has 1 aliphatic rings. The van der Waals surface area contributed by atoms with Gasteiger partial charge in [0.2, 0.25) is 0 Å².